The van der Waals surface area contributed by atoms with Crippen LogP contribution in [0.4, 0.5) is 11.5 Å². The van der Waals surface area contributed by atoms with Crippen molar-refractivity contribution in [1.82, 2.24) is 25.0 Å². The Labute approximate surface area is 138 Å². The highest BCUT2D eigenvalue weighted by Gasteiger charge is 2.14. The van der Waals surface area contributed by atoms with Crippen LogP contribution in [0.3, 0.4) is 0 Å². The van der Waals surface area contributed by atoms with Gasteiger partial charge < -0.3 is 10.1 Å². The van der Waals surface area contributed by atoms with Crippen LogP contribution >= 0.6 is 0 Å². The summed E-state index contributed by atoms with van der Waals surface area (Å²) in [4.78, 5) is 4.73. The normalized spacial score (nSPS) is 11.5. The third kappa shape index (κ3) is 2.25. The number of pyridine rings is 1. The number of anilines is 2. The van der Waals surface area contributed by atoms with Gasteiger partial charge in [-0.3, -0.25) is 9.78 Å². The molecule has 0 aliphatic carbocycles. The topological polar surface area (TPSA) is 80.6 Å². The zero-order valence-corrected chi connectivity index (χ0v) is 13.7. The number of methoxy groups -OCH3 is 1. The Kier molecular flexibility index (Phi) is 3.34. The molecule has 0 atom stereocenters. The molecule has 4 rings (SSSR count). The Morgan fingerprint density at radius 3 is 2.88 bits per heavy atom. The highest BCUT2D eigenvalue weighted by molar-refractivity contribution is 6.11. The molecule has 0 unspecified atom stereocenters. The smallest absolute Gasteiger partial charge is 0.157 e. The lowest BCUT2D eigenvalue weighted by Gasteiger charge is -2.10. The summed E-state index contributed by atoms with van der Waals surface area (Å²) in [6.07, 6.45) is 5.55. The van der Waals surface area contributed by atoms with Crippen LogP contribution in [0.25, 0.3) is 21.8 Å². The van der Waals surface area contributed by atoms with Gasteiger partial charge in [-0.15, -0.1) is 0 Å². The predicted octanol–water partition coefficient (Wildman–Crippen LogP) is 3.64. The number of aromatic nitrogens is 5. The molecule has 2 N–H and O–H groups in total. The number of H-pyrrole nitrogens is 1. The molecule has 0 aliphatic heterocycles. The second-order valence-corrected chi connectivity index (χ2v) is 5.90. The minimum atomic E-state index is 0.307. The van der Waals surface area contributed by atoms with E-state index in [0.29, 0.717) is 11.9 Å². The van der Waals surface area contributed by atoms with Gasteiger partial charge in [-0.05, 0) is 26.0 Å². The fourth-order valence-corrected chi connectivity index (χ4v) is 2.80. The summed E-state index contributed by atoms with van der Waals surface area (Å²) >= 11 is 0. The predicted molar refractivity (Wildman–Crippen MR) is 93.8 cm³/mol. The van der Waals surface area contributed by atoms with E-state index in [-0.39, 0.29) is 0 Å². The van der Waals surface area contributed by atoms with Crippen molar-refractivity contribution >= 4 is 33.3 Å². The number of benzene rings is 1. The van der Waals surface area contributed by atoms with E-state index in [1.807, 2.05) is 29.1 Å². The van der Waals surface area contributed by atoms with Crippen molar-refractivity contribution < 1.29 is 4.74 Å². The highest BCUT2D eigenvalue weighted by Crippen LogP contribution is 2.34. The number of hydrogen-bond acceptors (Lipinski definition) is 5. The average molecular weight is 322 g/mol. The SMILES string of the molecule is COc1cccc2nc(Nc3cnn(C(C)C)c3)c3[nH]ncc3c12. The van der Waals surface area contributed by atoms with Gasteiger partial charge in [0.15, 0.2) is 5.82 Å². The second-order valence-electron chi connectivity index (χ2n) is 5.90. The van der Waals surface area contributed by atoms with Crippen molar-refractivity contribution in [2.75, 3.05) is 12.4 Å². The van der Waals surface area contributed by atoms with Crippen molar-refractivity contribution in [3.05, 3.63) is 36.8 Å². The summed E-state index contributed by atoms with van der Waals surface area (Å²) in [5.74, 6) is 1.50. The molecule has 0 radical (unpaired) electrons. The molecule has 0 fully saturated rings. The van der Waals surface area contributed by atoms with Crippen LogP contribution in [0.1, 0.15) is 19.9 Å². The van der Waals surface area contributed by atoms with Crippen LogP contribution in [0.2, 0.25) is 0 Å². The van der Waals surface area contributed by atoms with Crippen LogP contribution in [-0.4, -0.2) is 32.1 Å². The number of nitrogens with one attached hydrogen (secondary N) is 2. The monoisotopic (exact) mass is 322 g/mol. The van der Waals surface area contributed by atoms with E-state index in [1.165, 1.54) is 0 Å². The first-order valence-corrected chi connectivity index (χ1v) is 7.78. The third-order valence-electron chi connectivity index (χ3n) is 4.00. The Balaban J connectivity index is 1.86. The number of rotatable bonds is 4. The van der Waals surface area contributed by atoms with E-state index in [0.717, 1.165) is 33.2 Å². The second kappa shape index (κ2) is 5.52. The van der Waals surface area contributed by atoms with Crippen LogP contribution in [0, 0.1) is 0 Å². The number of fused-ring (bicyclic) bond motifs is 3. The molecule has 7 nitrogen and oxygen atoms in total. The molecular weight excluding hydrogens is 304 g/mol. The van der Waals surface area contributed by atoms with Gasteiger partial charge in [0, 0.05) is 17.6 Å². The maximum Gasteiger partial charge on any atom is 0.157 e. The van der Waals surface area contributed by atoms with Gasteiger partial charge >= 0.3 is 0 Å². The van der Waals surface area contributed by atoms with E-state index >= 15 is 0 Å². The van der Waals surface area contributed by atoms with Crippen LogP contribution in [-0.2, 0) is 0 Å². The molecule has 0 saturated heterocycles. The Morgan fingerprint density at radius 2 is 2.12 bits per heavy atom. The minimum absolute atomic E-state index is 0.307. The number of hydrogen-bond donors (Lipinski definition) is 2. The molecule has 122 valence electrons. The van der Waals surface area contributed by atoms with Gasteiger partial charge in [0.05, 0.1) is 36.1 Å². The first kappa shape index (κ1) is 14.5. The summed E-state index contributed by atoms with van der Waals surface area (Å²) in [5, 5.41) is 16.8. The number of nitrogens with zero attached hydrogens (tertiary/aromatic N) is 4. The lowest BCUT2D eigenvalue weighted by atomic mass is 10.1. The van der Waals surface area contributed by atoms with Gasteiger partial charge in [-0.2, -0.15) is 10.2 Å². The van der Waals surface area contributed by atoms with Gasteiger partial charge in [-0.25, -0.2) is 4.98 Å². The van der Waals surface area contributed by atoms with Gasteiger partial charge in [0.25, 0.3) is 0 Å². The summed E-state index contributed by atoms with van der Waals surface area (Å²) < 4.78 is 7.38. The van der Waals surface area contributed by atoms with E-state index in [1.54, 1.807) is 19.5 Å². The Bertz CT molecular complexity index is 1020. The van der Waals surface area contributed by atoms with Crippen LogP contribution in [0.5, 0.6) is 5.75 Å². The van der Waals surface area contributed by atoms with Gasteiger partial charge in [0.1, 0.15) is 11.3 Å². The zero-order valence-electron chi connectivity index (χ0n) is 13.7. The van der Waals surface area contributed by atoms with E-state index < -0.39 is 0 Å². The molecule has 0 spiro atoms. The molecule has 0 bridgehead atoms. The fraction of sp³-hybridized carbons (Fsp3) is 0.235. The van der Waals surface area contributed by atoms with E-state index in [2.05, 4.69) is 34.5 Å². The van der Waals surface area contributed by atoms with Crippen molar-refractivity contribution in [3.63, 3.8) is 0 Å². The zero-order chi connectivity index (χ0) is 16.7. The number of ether oxygens (including phenoxy) is 1. The van der Waals surface area contributed by atoms with Crippen molar-refractivity contribution in [1.29, 1.82) is 0 Å². The standard InChI is InChI=1S/C17H18N6O/c1-10(2)23-9-11(7-19-23)20-17-16-12(8-18-22-16)15-13(21-17)5-4-6-14(15)24-3/h4-10H,1-3H3,(H,18,22)(H,20,21). The molecule has 0 saturated carbocycles. The summed E-state index contributed by atoms with van der Waals surface area (Å²) in [5.41, 5.74) is 2.57. The highest BCUT2D eigenvalue weighted by atomic mass is 16.5. The quantitative estimate of drug-likeness (QED) is 0.599. The summed E-state index contributed by atoms with van der Waals surface area (Å²) in [6.45, 7) is 4.18. The summed E-state index contributed by atoms with van der Waals surface area (Å²) in [6, 6.07) is 6.13. The molecule has 24 heavy (non-hydrogen) atoms. The van der Waals surface area contributed by atoms with Crippen molar-refractivity contribution in [2.45, 2.75) is 19.9 Å². The minimum Gasteiger partial charge on any atom is -0.496 e. The first-order chi connectivity index (χ1) is 11.7. The molecule has 7 heteroatoms. The van der Waals surface area contributed by atoms with E-state index in [9.17, 15) is 0 Å². The molecule has 3 aromatic heterocycles. The largest absolute Gasteiger partial charge is 0.496 e. The lowest BCUT2D eigenvalue weighted by molar-refractivity contribution is 0.420. The average Bonchev–Trinajstić information content (AvgIpc) is 3.23. The molecule has 0 amide bonds. The van der Waals surface area contributed by atoms with Gasteiger partial charge in [0.2, 0.25) is 0 Å². The van der Waals surface area contributed by atoms with Crippen molar-refractivity contribution in [3.8, 4) is 5.75 Å². The Hall–Kier alpha value is -3.09. The molecular formula is C17H18N6O. The first-order valence-electron chi connectivity index (χ1n) is 7.78. The molecule has 1 aromatic carbocycles. The number of aromatic amines is 1. The maximum atomic E-state index is 5.48. The van der Waals surface area contributed by atoms with Gasteiger partial charge in [-0.1, -0.05) is 6.07 Å². The maximum absolute atomic E-state index is 5.48. The van der Waals surface area contributed by atoms with E-state index in [4.69, 9.17) is 9.72 Å². The van der Waals surface area contributed by atoms with Crippen molar-refractivity contribution in [2.24, 2.45) is 0 Å². The lowest BCUT2D eigenvalue weighted by Crippen LogP contribution is -2.00. The summed E-state index contributed by atoms with van der Waals surface area (Å²) in [7, 11) is 1.66. The third-order valence-corrected chi connectivity index (χ3v) is 4.00. The molecule has 0 aliphatic rings. The van der Waals surface area contributed by atoms with Crippen LogP contribution < -0.4 is 10.1 Å². The molecule has 4 aromatic rings. The Morgan fingerprint density at radius 1 is 1.25 bits per heavy atom. The van der Waals surface area contributed by atoms with Crippen LogP contribution in [0.15, 0.2) is 36.8 Å². The molecule has 3 heterocycles. The fourth-order valence-electron chi connectivity index (χ4n) is 2.80.